The number of halogens is 3. The zero-order valence-corrected chi connectivity index (χ0v) is 10.5. The normalized spacial score (nSPS) is 11.3. The number of thiophene rings is 1. The third kappa shape index (κ3) is 3.57. The minimum Gasteiger partial charge on any atom is -0.347 e. The quantitative estimate of drug-likeness (QED) is 0.915. The van der Waals surface area contributed by atoms with E-state index in [1.54, 1.807) is 0 Å². The Balaban J connectivity index is 2.07. The number of rotatable bonds is 3. The summed E-state index contributed by atoms with van der Waals surface area (Å²) in [5.74, 6) is -0.514. The van der Waals surface area contributed by atoms with E-state index in [1.165, 1.54) is 23.5 Å². The molecule has 100 valence electrons. The number of carbonyl (C=O) groups excluding carboxylic acids is 1. The zero-order chi connectivity index (χ0) is 13.9. The maximum atomic E-state index is 12.5. The summed E-state index contributed by atoms with van der Waals surface area (Å²) in [7, 11) is 0. The van der Waals surface area contributed by atoms with Crippen LogP contribution in [0.4, 0.5) is 13.2 Å². The predicted octanol–water partition coefficient (Wildman–Crippen LogP) is 3.70. The molecule has 0 aliphatic heterocycles. The average molecular weight is 285 g/mol. The average Bonchev–Trinajstić information content (AvgIpc) is 2.88. The molecular formula is C13H10F3NOS. The second-order valence-electron chi connectivity index (χ2n) is 3.84. The van der Waals surface area contributed by atoms with Crippen molar-refractivity contribution >= 4 is 17.2 Å². The number of amides is 1. The van der Waals surface area contributed by atoms with Gasteiger partial charge in [0, 0.05) is 10.4 Å². The standard InChI is InChI=1S/C13H10F3NOS/c14-13(15,16)10-4-1-3-9(7-10)12(18)17-8-11-5-2-6-19-11/h1-7H,8H2,(H,17,18). The molecule has 0 aliphatic rings. The highest BCUT2D eigenvalue weighted by Crippen LogP contribution is 2.29. The first-order valence-corrected chi connectivity index (χ1v) is 6.32. The van der Waals surface area contributed by atoms with Gasteiger partial charge in [0.05, 0.1) is 12.1 Å². The van der Waals surface area contributed by atoms with Crippen LogP contribution >= 0.6 is 11.3 Å². The molecule has 2 aromatic rings. The van der Waals surface area contributed by atoms with E-state index in [1.807, 2.05) is 17.5 Å². The zero-order valence-electron chi connectivity index (χ0n) is 9.70. The molecule has 0 spiro atoms. The third-order valence-electron chi connectivity index (χ3n) is 2.46. The Kier molecular flexibility index (Phi) is 3.90. The molecule has 1 aromatic heterocycles. The van der Waals surface area contributed by atoms with Crippen molar-refractivity contribution in [1.82, 2.24) is 5.32 Å². The number of alkyl halides is 3. The van der Waals surface area contributed by atoms with Crippen molar-refractivity contribution in [2.24, 2.45) is 0 Å². The Morgan fingerprint density at radius 2 is 2.00 bits per heavy atom. The highest BCUT2D eigenvalue weighted by Gasteiger charge is 2.30. The molecule has 1 N–H and O–H groups in total. The first kappa shape index (κ1) is 13.6. The molecule has 0 saturated carbocycles. The molecule has 1 amide bonds. The predicted molar refractivity (Wildman–Crippen MR) is 66.9 cm³/mol. The minimum absolute atomic E-state index is 0.00591. The van der Waals surface area contributed by atoms with Crippen LogP contribution in [0, 0.1) is 0 Å². The Morgan fingerprint density at radius 3 is 2.63 bits per heavy atom. The van der Waals surface area contributed by atoms with Gasteiger partial charge in [-0.25, -0.2) is 0 Å². The van der Waals surface area contributed by atoms with Gasteiger partial charge in [-0.2, -0.15) is 13.2 Å². The molecule has 2 nitrogen and oxygen atoms in total. The van der Waals surface area contributed by atoms with Crippen LogP contribution in [-0.2, 0) is 12.7 Å². The molecule has 0 atom stereocenters. The number of nitrogens with one attached hydrogen (secondary N) is 1. The maximum absolute atomic E-state index is 12.5. The monoisotopic (exact) mass is 285 g/mol. The van der Waals surface area contributed by atoms with E-state index in [0.717, 1.165) is 17.0 Å². The number of hydrogen-bond acceptors (Lipinski definition) is 2. The van der Waals surface area contributed by atoms with Gasteiger partial charge in [0.15, 0.2) is 0 Å². The second kappa shape index (κ2) is 5.44. The lowest BCUT2D eigenvalue weighted by Crippen LogP contribution is -2.22. The van der Waals surface area contributed by atoms with Gasteiger partial charge in [-0.3, -0.25) is 4.79 Å². The third-order valence-corrected chi connectivity index (χ3v) is 3.33. The van der Waals surface area contributed by atoms with E-state index in [0.29, 0.717) is 6.54 Å². The fourth-order valence-electron chi connectivity index (χ4n) is 1.52. The van der Waals surface area contributed by atoms with E-state index < -0.39 is 17.6 Å². The lowest BCUT2D eigenvalue weighted by Gasteiger charge is -2.08. The molecule has 1 aromatic carbocycles. The van der Waals surface area contributed by atoms with Crippen molar-refractivity contribution in [2.75, 3.05) is 0 Å². The first-order chi connectivity index (χ1) is 8.97. The van der Waals surface area contributed by atoms with Crippen LogP contribution in [0.15, 0.2) is 41.8 Å². The maximum Gasteiger partial charge on any atom is 0.416 e. The Hall–Kier alpha value is -1.82. The summed E-state index contributed by atoms with van der Waals surface area (Å²) in [4.78, 5) is 12.7. The molecule has 6 heteroatoms. The highest BCUT2D eigenvalue weighted by atomic mass is 32.1. The summed E-state index contributed by atoms with van der Waals surface area (Å²) >= 11 is 1.47. The van der Waals surface area contributed by atoms with Crippen molar-refractivity contribution in [3.8, 4) is 0 Å². The van der Waals surface area contributed by atoms with Gasteiger partial charge in [-0.1, -0.05) is 12.1 Å². The van der Waals surface area contributed by atoms with Crippen LogP contribution in [0.5, 0.6) is 0 Å². The van der Waals surface area contributed by atoms with Gasteiger partial charge in [0.25, 0.3) is 5.91 Å². The lowest BCUT2D eigenvalue weighted by atomic mass is 10.1. The topological polar surface area (TPSA) is 29.1 Å². The van der Waals surface area contributed by atoms with Gasteiger partial charge in [-0.15, -0.1) is 11.3 Å². The smallest absolute Gasteiger partial charge is 0.347 e. The van der Waals surface area contributed by atoms with E-state index in [-0.39, 0.29) is 5.56 Å². The summed E-state index contributed by atoms with van der Waals surface area (Å²) in [5.41, 5.74) is -0.817. The van der Waals surface area contributed by atoms with E-state index in [2.05, 4.69) is 5.32 Å². The SMILES string of the molecule is O=C(NCc1cccs1)c1cccc(C(F)(F)F)c1. The molecule has 0 fully saturated rings. The summed E-state index contributed by atoms with van der Waals surface area (Å²) in [6.45, 7) is 0.312. The highest BCUT2D eigenvalue weighted by molar-refractivity contribution is 7.09. The minimum atomic E-state index is -4.44. The van der Waals surface area contributed by atoms with Crippen LogP contribution in [-0.4, -0.2) is 5.91 Å². The largest absolute Gasteiger partial charge is 0.416 e. The molecule has 0 bridgehead atoms. The summed E-state index contributed by atoms with van der Waals surface area (Å²) in [6, 6.07) is 8.06. The summed E-state index contributed by atoms with van der Waals surface area (Å²) in [5, 5.41) is 4.45. The van der Waals surface area contributed by atoms with E-state index in [4.69, 9.17) is 0 Å². The lowest BCUT2D eigenvalue weighted by molar-refractivity contribution is -0.137. The van der Waals surface area contributed by atoms with Crippen molar-refractivity contribution in [1.29, 1.82) is 0 Å². The molecule has 0 aliphatic carbocycles. The van der Waals surface area contributed by atoms with Gasteiger partial charge in [-0.05, 0) is 29.6 Å². The molecule has 2 rings (SSSR count). The molecule has 0 radical (unpaired) electrons. The number of carbonyl (C=O) groups is 1. The molecular weight excluding hydrogens is 275 g/mol. The van der Waals surface area contributed by atoms with Crippen molar-refractivity contribution in [3.63, 3.8) is 0 Å². The fraction of sp³-hybridized carbons (Fsp3) is 0.154. The Labute approximate surface area is 111 Å². The van der Waals surface area contributed by atoms with Crippen LogP contribution in [0.1, 0.15) is 20.8 Å². The number of benzene rings is 1. The van der Waals surface area contributed by atoms with Gasteiger partial charge < -0.3 is 5.32 Å². The van der Waals surface area contributed by atoms with Gasteiger partial charge in [0.2, 0.25) is 0 Å². The Bertz CT molecular complexity index is 564. The molecule has 1 heterocycles. The molecule has 0 saturated heterocycles. The van der Waals surface area contributed by atoms with Gasteiger partial charge >= 0.3 is 6.18 Å². The van der Waals surface area contributed by atoms with E-state index >= 15 is 0 Å². The van der Waals surface area contributed by atoms with Crippen LogP contribution in [0.2, 0.25) is 0 Å². The van der Waals surface area contributed by atoms with E-state index in [9.17, 15) is 18.0 Å². The number of hydrogen-bond donors (Lipinski definition) is 1. The fourth-order valence-corrected chi connectivity index (χ4v) is 2.16. The summed E-state index contributed by atoms with van der Waals surface area (Å²) in [6.07, 6.45) is -4.44. The van der Waals surface area contributed by atoms with Crippen LogP contribution < -0.4 is 5.32 Å². The van der Waals surface area contributed by atoms with Crippen molar-refractivity contribution in [3.05, 3.63) is 57.8 Å². The second-order valence-corrected chi connectivity index (χ2v) is 4.87. The molecule has 0 unspecified atom stereocenters. The van der Waals surface area contributed by atoms with Crippen LogP contribution in [0.3, 0.4) is 0 Å². The molecule has 19 heavy (non-hydrogen) atoms. The van der Waals surface area contributed by atoms with Crippen molar-refractivity contribution in [2.45, 2.75) is 12.7 Å². The first-order valence-electron chi connectivity index (χ1n) is 5.44. The van der Waals surface area contributed by atoms with Gasteiger partial charge in [0.1, 0.15) is 0 Å². The Morgan fingerprint density at radius 1 is 1.21 bits per heavy atom. The summed E-state index contributed by atoms with van der Waals surface area (Å²) < 4.78 is 37.5. The van der Waals surface area contributed by atoms with Crippen LogP contribution in [0.25, 0.3) is 0 Å². The van der Waals surface area contributed by atoms with Crippen molar-refractivity contribution < 1.29 is 18.0 Å².